The number of halogens is 2. The van der Waals surface area contributed by atoms with Crippen LogP contribution in [0.25, 0.3) is 0 Å². The van der Waals surface area contributed by atoms with E-state index in [2.05, 4.69) is 48.8 Å². The van der Waals surface area contributed by atoms with Crippen LogP contribution in [0.3, 0.4) is 0 Å². The van der Waals surface area contributed by atoms with Crippen LogP contribution in [0.4, 0.5) is 0 Å². The second kappa shape index (κ2) is 6.32. The second-order valence-corrected chi connectivity index (χ2v) is 7.47. The zero-order chi connectivity index (χ0) is 14.0. The minimum absolute atomic E-state index is 0.0777. The van der Waals surface area contributed by atoms with Gasteiger partial charge in [-0.25, -0.2) is 4.98 Å². The number of carbonyl (C=O) groups is 1. The van der Waals surface area contributed by atoms with Crippen molar-refractivity contribution in [2.45, 2.75) is 19.9 Å². The van der Waals surface area contributed by atoms with E-state index in [0.717, 1.165) is 17.9 Å². The quantitative estimate of drug-likeness (QED) is 0.708. The zero-order valence-corrected chi connectivity index (χ0v) is 15.0. The average molecular weight is 451 g/mol. The fourth-order valence-corrected chi connectivity index (χ4v) is 3.30. The normalized spacial score (nSPS) is 12.2. The van der Waals surface area contributed by atoms with Gasteiger partial charge in [0.05, 0.1) is 11.6 Å². The summed E-state index contributed by atoms with van der Waals surface area (Å²) in [6, 6.07) is 5.59. The van der Waals surface area contributed by atoms with Crippen LogP contribution in [-0.4, -0.2) is 10.9 Å². The largest absolute Gasteiger partial charge is 0.343 e. The van der Waals surface area contributed by atoms with E-state index in [1.165, 1.54) is 0 Å². The highest BCUT2D eigenvalue weighted by molar-refractivity contribution is 14.1. The smallest absolute Gasteiger partial charge is 0.252 e. The third-order valence-electron chi connectivity index (χ3n) is 2.53. The van der Waals surface area contributed by atoms with Crippen molar-refractivity contribution in [1.29, 1.82) is 0 Å². The van der Waals surface area contributed by atoms with Gasteiger partial charge in [0.2, 0.25) is 0 Å². The van der Waals surface area contributed by atoms with Crippen molar-refractivity contribution >= 4 is 55.8 Å². The van der Waals surface area contributed by atoms with Gasteiger partial charge < -0.3 is 5.32 Å². The minimum atomic E-state index is -0.0824. The summed E-state index contributed by atoms with van der Waals surface area (Å²) in [5.41, 5.74) is 0.676. The molecule has 3 nitrogen and oxygen atoms in total. The number of nitrogens with one attached hydrogen (secondary N) is 1. The number of aromatic nitrogens is 1. The number of nitrogens with zero attached hydrogens (tertiary/aromatic N) is 1. The Kier molecular flexibility index (Phi) is 4.97. The van der Waals surface area contributed by atoms with Gasteiger partial charge >= 0.3 is 0 Å². The van der Waals surface area contributed by atoms with Gasteiger partial charge in [-0.05, 0) is 54.6 Å². The van der Waals surface area contributed by atoms with Crippen molar-refractivity contribution in [2.75, 3.05) is 0 Å². The number of thiazole rings is 1. The Morgan fingerprint density at radius 2 is 2.26 bits per heavy atom. The van der Waals surface area contributed by atoms with Crippen LogP contribution in [0, 0.1) is 10.5 Å². The molecule has 6 heteroatoms. The topological polar surface area (TPSA) is 42.0 Å². The first kappa shape index (κ1) is 14.9. The number of benzene rings is 1. The summed E-state index contributed by atoms with van der Waals surface area (Å²) in [6.07, 6.45) is 1.82. The van der Waals surface area contributed by atoms with Gasteiger partial charge in [0.15, 0.2) is 0 Å². The molecular weight excluding hydrogens is 439 g/mol. The van der Waals surface area contributed by atoms with E-state index in [1.54, 1.807) is 11.3 Å². The van der Waals surface area contributed by atoms with E-state index < -0.39 is 0 Å². The van der Waals surface area contributed by atoms with Crippen LogP contribution < -0.4 is 5.32 Å². The average Bonchev–Trinajstić information content (AvgIpc) is 2.79. The number of rotatable bonds is 3. The van der Waals surface area contributed by atoms with E-state index in [-0.39, 0.29) is 11.9 Å². The summed E-state index contributed by atoms with van der Waals surface area (Å²) in [5.74, 6) is -0.0777. The molecule has 0 aliphatic heterocycles. The molecule has 1 heterocycles. The molecule has 2 rings (SSSR count). The van der Waals surface area contributed by atoms with Gasteiger partial charge in [-0.1, -0.05) is 15.9 Å². The number of hydrogen-bond donors (Lipinski definition) is 1. The number of amides is 1. The van der Waals surface area contributed by atoms with Gasteiger partial charge in [0.25, 0.3) is 5.91 Å². The predicted octanol–water partition coefficient (Wildman–Crippen LogP) is 4.31. The molecule has 1 aromatic carbocycles. The Bertz CT molecular complexity index is 614. The molecule has 0 bridgehead atoms. The fourth-order valence-electron chi connectivity index (χ4n) is 1.58. The van der Waals surface area contributed by atoms with Crippen LogP contribution in [0.5, 0.6) is 0 Å². The highest BCUT2D eigenvalue weighted by atomic mass is 127. The van der Waals surface area contributed by atoms with E-state index >= 15 is 0 Å². The highest BCUT2D eigenvalue weighted by Gasteiger charge is 2.16. The molecule has 0 saturated heterocycles. The maximum Gasteiger partial charge on any atom is 0.252 e. The standard InChI is InChI=1S/C13H12BrIN2OS/c1-7-6-16-13(19-7)8(2)17-12(18)10-5-9(14)3-4-11(10)15/h3-6,8H,1-2H3,(H,17,18). The second-order valence-electron chi connectivity index (χ2n) is 4.13. The molecule has 1 atom stereocenters. The summed E-state index contributed by atoms with van der Waals surface area (Å²) in [7, 11) is 0. The molecule has 19 heavy (non-hydrogen) atoms. The van der Waals surface area contributed by atoms with Crippen LogP contribution in [0.1, 0.15) is 33.2 Å². The Balaban J connectivity index is 2.15. The van der Waals surface area contributed by atoms with Crippen LogP contribution in [0.2, 0.25) is 0 Å². The lowest BCUT2D eigenvalue weighted by atomic mass is 10.2. The number of aryl methyl sites for hydroxylation is 1. The Labute approximate surface area is 138 Å². The lowest BCUT2D eigenvalue weighted by molar-refractivity contribution is 0.0939. The molecule has 0 fully saturated rings. The molecule has 0 saturated carbocycles. The monoisotopic (exact) mass is 450 g/mol. The van der Waals surface area contributed by atoms with Crippen LogP contribution in [0.15, 0.2) is 28.9 Å². The SMILES string of the molecule is Cc1cnc(C(C)NC(=O)c2cc(Br)ccc2I)s1. The van der Waals surface area contributed by atoms with Gasteiger partial charge in [-0.2, -0.15) is 0 Å². The lowest BCUT2D eigenvalue weighted by Gasteiger charge is -2.12. The predicted molar refractivity (Wildman–Crippen MR) is 89.6 cm³/mol. The van der Waals surface area contributed by atoms with E-state index in [0.29, 0.717) is 5.56 Å². The number of carbonyl (C=O) groups excluding carboxylic acids is 1. The van der Waals surface area contributed by atoms with E-state index in [1.807, 2.05) is 38.2 Å². The van der Waals surface area contributed by atoms with Crippen LogP contribution in [-0.2, 0) is 0 Å². The first-order valence-electron chi connectivity index (χ1n) is 5.65. The molecule has 100 valence electrons. The summed E-state index contributed by atoms with van der Waals surface area (Å²) >= 11 is 7.15. The van der Waals surface area contributed by atoms with Crippen molar-refractivity contribution < 1.29 is 4.79 Å². The van der Waals surface area contributed by atoms with Crippen molar-refractivity contribution in [3.05, 3.63) is 47.9 Å². The molecule has 1 aromatic heterocycles. The third kappa shape index (κ3) is 3.76. The Morgan fingerprint density at radius 3 is 2.89 bits per heavy atom. The summed E-state index contributed by atoms with van der Waals surface area (Å²) in [4.78, 5) is 17.7. The van der Waals surface area contributed by atoms with Gasteiger partial charge in [0.1, 0.15) is 5.01 Å². The molecular formula is C13H12BrIN2OS. The van der Waals surface area contributed by atoms with Crippen molar-refractivity contribution in [1.82, 2.24) is 10.3 Å². The van der Waals surface area contributed by atoms with Gasteiger partial charge in [-0.15, -0.1) is 11.3 Å². The maximum absolute atomic E-state index is 12.2. The molecule has 0 radical (unpaired) electrons. The molecule has 0 aliphatic carbocycles. The molecule has 1 N–H and O–H groups in total. The van der Waals surface area contributed by atoms with Gasteiger partial charge in [0, 0.05) is 19.1 Å². The zero-order valence-electron chi connectivity index (χ0n) is 10.4. The van der Waals surface area contributed by atoms with Gasteiger partial charge in [-0.3, -0.25) is 4.79 Å². The highest BCUT2D eigenvalue weighted by Crippen LogP contribution is 2.22. The number of hydrogen-bond acceptors (Lipinski definition) is 3. The van der Waals surface area contributed by atoms with E-state index in [4.69, 9.17) is 0 Å². The first-order chi connectivity index (χ1) is 8.97. The molecule has 2 aromatic rings. The van der Waals surface area contributed by atoms with Crippen LogP contribution >= 0.6 is 49.9 Å². The minimum Gasteiger partial charge on any atom is -0.343 e. The summed E-state index contributed by atoms with van der Waals surface area (Å²) in [5, 5.41) is 3.90. The molecule has 0 aliphatic rings. The third-order valence-corrected chi connectivity index (χ3v) is 5.06. The van der Waals surface area contributed by atoms with Crippen molar-refractivity contribution in [2.24, 2.45) is 0 Å². The fraction of sp³-hybridized carbons (Fsp3) is 0.231. The maximum atomic E-state index is 12.2. The summed E-state index contributed by atoms with van der Waals surface area (Å²) in [6.45, 7) is 3.95. The first-order valence-corrected chi connectivity index (χ1v) is 8.34. The molecule has 1 amide bonds. The Hall–Kier alpha value is -0.470. The molecule has 1 unspecified atom stereocenters. The van der Waals surface area contributed by atoms with E-state index in [9.17, 15) is 4.79 Å². The summed E-state index contributed by atoms with van der Waals surface area (Å²) < 4.78 is 1.83. The molecule has 0 spiro atoms. The Morgan fingerprint density at radius 1 is 1.53 bits per heavy atom. The van der Waals surface area contributed by atoms with Crippen molar-refractivity contribution in [3.63, 3.8) is 0 Å². The van der Waals surface area contributed by atoms with Crippen molar-refractivity contribution in [3.8, 4) is 0 Å². The lowest BCUT2D eigenvalue weighted by Crippen LogP contribution is -2.27.